The summed E-state index contributed by atoms with van der Waals surface area (Å²) < 4.78 is 38.6. The highest BCUT2D eigenvalue weighted by atomic mass is 32.2. The number of nitrogens with two attached hydrogens (primary N) is 1. The van der Waals surface area contributed by atoms with Crippen LogP contribution in [-0.4, -0.2) is 18.7 Å². The number of nitrogen functional groups attached to an aromatic ring is 1. The molecule has 0 aliphatic rings. The van der Waals surface area contributed by atoms with Gasteiger partial charge in [-0.15, -0.1) is 24.9 Å². The van der Waals surface area contributed by atoms with Crippen LogP contribution in [0.15, 0.2) is 23.1 Å². The van der Waals surface area contributed by atoms with Crippen molar-refractivity contribution in [3.63, 3.8) is 0 Å². The number of anilines is 1. The summed E-state index contributed by atoms with van der Waals surface area (Å²) >= 11 is 1.30. The van der Waals surface area contributed by atoms with Crippen LogP contribution in [0.1, 0.15) is 5.56 Å². The predicted molar refractivity (Wildman–Crippen MR) is 58.3 cm³/mol. The molecule has 1 aromatic rings. The predicted octanol–water partition coefficient (Wildman–Crippen LogP) is 3.21. The van der Waals surface area contributed by atoms with Gasteiger partial charge in [-0.3, -0.25) is 4.74 Å². The van der Waals surface area contributed by atoms with E-state index >= 15 is 0 Å². The molecule has 6 heteroatoms. The highest BCUT2D eigenvalue weighted by Crippen LogP contribution is 2.23. The first-order valence-corrected chi connectivity index (χ1v) is 5.56. The topological polar surface area (TPSA) is 35.2 Å². The highest BCUT2D eigenvalue weighted by Gasteiger charge is 2.28. The van der Waals surface area contributed by atoms with E-state index in [4.69, 9.17) is 5.73 Å². The van der Waals surface area contributed by atoms with E-state index in [0.717, 1.165) is 10.5 Å². The summed E-state index contributed by atoms with van der Waals surface area (Å²) in [5.74, 6) is 0.253. The second-order valence-corrected chi connectivity index (χ2v) is 4.33. The number of ether oxygens (including phenoxy) is 1. The zero-order valence-corrected chi connectivity index (χ0v) is 9.49. The van der Waals surface area contributed by atoms with Gasteiger partial charge in [0.2, 0.25) is 0 Å². The van der Waals surface area contributed by atoms with E-state index in [1.54, 1.807) is 12.1 Å². The van der Waals surface area contributed by atoms with Gasteiger partial charge in [0, 0.05) is 16.3 Å². The Labute approximate surface area is 96.0 Å². The molecule has 16 heavy (non-hydrogen) atoms. The summed E-state index contributed by atoms with van der Waals surface area (Å²) in [5.41, 5.74) is 7.21. The Morgan fingerprint density at radius 1 is 1.38 bits per heavy atom. The number of hydrogen-bond acceptors (Lipinski definition) is 3. The molecule has 0 spiro atoms. The van der Waals surface area contributed by atoms with Gasteiger partial charge in [0.25, 0.3) is 0 Å². The van der Waals surface area contributed by atoms with Crippen molar-refractivity contribution in [3.8, 4) is 0 Å². The normalized spacial score (nSPS) is 11.8. The fourth-order valence-corrected chi connectivity index (χ4v) is 1.88. The van der Waals surface area contributed by atoms with Gasteiger partial charge >= 0.3 is 6.36 Å². The smallest absolute Gasteiger partial charge is 0.399 e. The Kier molecular flexibility index (Phi) is 4.49. The Hall–Kier alpha value is -0.880. The third-order valence-electron chi connectivity index (χ3n) is 1.86. The van der Waals surface area contributed by atoms with Crippen LogP contribution in [0.4, 0.5) is 18.9 Å². The van der Waals surface area contributed by atoms with Crippen LogP contribution in [0.5, 0.6) is 0 Å². The Morgan fingerprint density at radius 3 is 2.62 bits per heavy atom. The second kappa shape index (κ2) is 5.45. The zero-order chi connectivity index (χ0) is 12.2. The van der Waals surface area contributed by atoms with E-state index in [9.17, 15) is 13.2 Å². The molecule has 1 rings (SSSR count). The average Bonchev–Trinajstić information content (AvgIpc) is 2.17. The lowest BCUT2D eigenvalue weighted by Crippen LogP contribution is -2.15. The third-order valence-corrected chi connectivity index (χ3v) is 2.82. The molecular formula is C10H12F3NOS. The molecule has 90 valence electrons. The minimum atomic E-state index is -4.54. The quantitative estimate of drug-likeness (QED) is 0.507. The number of halogens is 3. The van der Waals surface area contributed by atoms with Crippen LogP contribution in [0.25, 0.3) is 0 Å². The minimum absolute atomic E-state index is 0.253. The van der Waals surface area contributed by atoms with Crippen molar-refractivity contribution in [2.24, 2.45) is 0 Å². The van der Waals surface area contributed by atoms with Gasteiger partial charge in [-0.1, -0.05) is 0 Å². The van der Waals surface area contributed by atoms with Crippen molar-refractivity contribution in [2.45, 2.75) is 18.2 Å². The summed E-state index contributed by atoms with van der Waals surface area (Å²) in [4.78, 5) is 0.887. The summed E-state index contributed by atoms with van der Waals surface area (Å²) in [6.45, 7) is 1.50. The van der Waals surface area contributed by atoms with E-state index in [-0.39, 0.29) is 12.4 Å². The van der Waals surface area contributed by atoms with E-state index < -0.39 is 6.36 Å². The van der Waals surface area contributed by atoms with E-state index in [2.05, 4.69) is 4.74 Å². The van der Waals surface area contributed by atoms with Crippen LogP contribution in [0, 0.1) is 6.92 Å². The Morgan fingerprint density at radius 2 is 2.06 bits per heavy atom. The van der Waals surface area contributed by atoms with Crippen molar-refractivity contribution < 1.29 is 17.9 Å². The maximum absolute atomic E-state index is 11.7. The molecule has 0 radical (unpaired) electrons. The lowest BCUT2D eigenvalue weighted by atomic mass is 10.2. The van der Waals surface area contributed by atoms with Gasteiger partial charge in [-0.2, -0.15) is 0 Å². The highest BCUT2D eigenvalue weighted by molar-refractivity contribution is 7.99. The molecule has 2 N–H and O–H groups in total. The molecule has 0 heterocycles. The summed E-state index contributed by atoms with van der Waals surface area (Å²) in [6, 6.07) is 5.36. The first-order chi connectivity index (χ1) is 7.38. The molecule has 0 saturated carbocycles. The largest absolute Gasteiger partial charge is 0.522 e. The molecule has 0 aliphatic heterocycles. The van der Waals surface area contributed by atoms with Crippen molar-refractivity contribution >= 4 is 17.4 Å². The molecule has 1 aromatic carbocycles. The molecule has 0 aromatic heterocycles. The standard InChI is InChI=1S/C10H12F3NOS/c1-7-6-8(2-3-9(7)14)16-5-4-15-10(11,12)13/h2-3,6H,4-5,14H2,1H3. The van der Waals surface area contributed by atoms with Crippen molar-refractivity contribution in [3.05, 3.63) is 23.8 Å². The Balaban J connectivity index is 2.35. The van der Waals surface area contributed by atoms with Crippen LogP contribution in [-0.2, 0) is 4.74 Å². The van der Waals surface area contributed by atoms with Gasteiger partial charge in [-0.05, 0) is 30.7 Å². The van der Waals surface area contributed by atoms with Crippen LogP contribution >= 0.6 is 11.8 Å². The summed E-state index contributed by atoms with van der Waals surface area (Å²) in [6.07, 6.45) is -4.54. The summed E-state index contributed by atoms with van der Waals surface area (Å²) in [5, 5.41) is 0. The van der Waals surface area contributed by atoms with Crippen LogP contribution in [0.2, 0.25) is 0 Å². The monoisotopic (exact) mass is 251 g/mol. The average molecular weight is 251 g/mol. The van der Waals surface area contributed by atoms with Gasteiger partial charge in [0.1, 0.15) is 0 Å². The second-order valence-electron chi connectivity index (χ2n) is 3.16. The molecular weight excluding hydrogens is 239 g/mol. The maximum atomic E-state index is 11.7. The van der Waals surface area contributed by atoms with Crippen LogP contribution < -0.4 is 5.73 Å². The number of hydrogen-bond donors (Lipinski definition) is 1. The van der Waals surface area contributed by atoms with Gasteiger partial charge < -0.3 is 5.73 Å². The Bertz CT molecular complexity index is 354. The minimum Gasteiger partial charge on any atom is -0.399 e. The van der Waals surface area contributed by atoms with Crippen molar-refractivity contribution in [1.82, 2.24) is 0 Å². The number of thioether (sulfide) groups is 1. The summed E-state index contributed by atoms with van der Waals surface area (Å²) in [7, 11) is 0. The van der Waals surface area contributed by atoms with Gasteiger partial charge in [0.05, 0.1) is 6.61 Å². The van der Waals surface area contributed by atoms with E-state index in [1.165, 1.54) is 11.8 Å². The van der Waals surface area contributed by atoms with E-state index in [1.807, 2.05) is 13.0 Å². The third kappa shape index (κ3) is 4.76. The first-order valence-electron chi connectivity index (χ1n) is 4.58. The van der Waals surface area contributed by atoms with E-state index in [0.29, 0.717) is 5.69 Å². The first kappa shape index (κ1) is 13.2. The molecule has 2 nitrogen and oxygen atoms in total. The van der Waals surface area contributed by atoms with Crippen molar-refractivity contribution in [2.75, 3.05) is 18.1 Å². The number of aryl methyl sites for hydroxylation is 1. The number of benzene rings is 1. The number of alkyl halides is 3. The molecule has 0 saturated heterocycles. The fourth-order valence-electron chi connectivity index (χ4n) is 1.05. The number of rotatable bonds is 4. The molecule has 0 aliphatic carbocycles. The molecule has 0 atom stereocenters. The molecule has 0 unspecified atom stereocenters. The lowest BCUT2D eigenvalue weighted by molar-refractivity contribution is -0.322. The molecule has 0 amide bonds. The molecule has 0 fully saturated rings. The van der Waals surface area contributed by atoms with Gasteiger partial charge in [0.15, 0.2) is 0 Å². The van der Waals surface area contributed by atoms with Crippen LogP contribution in [0.3, 0.4) is 0 Å². The van der Waals surface area contributed by atoms with Gasteiger partial charge in [-0.25, -0.2) is 0 Å². The molecule has 0 bridgehead atoms. The maximum Gasteiger partial charge on any atom is 0.522 e. The fraction of sp³-hybridized carbons (Fsp3) is 0.400. The lowest BCUT2D eigenvalue weighted by Gasteiger charge is -2.07. The zero-order valence-electron chi connectivity index (χ0n) is 8.67. The van der Waals surface area contributed by atoms with Crippen molar-refractivity contribution in [1.29, 1.82) is 0 Å². The SMILES string of the molecule is Cc1cc(SCCOC(F)(F)F)ccc1N.